The van der Waals surface area contributed by atoms with E-state index >= 15 is 0 Å². The molecule has 1 aromatic heterocycles. The summed E-state index contributed by atoms with van der Waals surface area (Å²) in [6, 6.07) is 8.37. The normalized spacial score (nSPS) is 6.92. The fourth-order valence-electron chi connectivity index (χ4n) is 1.97. The van der Waals surface area contributed by atoms with Gasteiger partial charge in [0.05, 0.1) is 0 Å². The Balaban J connectivity index is -0.000000191. The van der Waals surface area contributed by atoms with Crippen molar-refractivity contribution in [2.24, 2.45) is 7.05 Å². The van der Waals surface area contributed by atoms with Gasteiger partial charge in [0.25, 0.3) is 0 Å². The number of aromatic nitrogens is 1. The van der Waals surface area contributed by atoms with E-state index in [4.69, 9.17) is 28.0 Å². The zero-order chi connectivity index (χ0) is 21.0. The first-order valence-electron chi connectivity index (χ1n) is 5.81. The topological polar surface area (TPSA) is 114 Å². The molecule has 2 aromatic rings. The van der Waals surface area contributed by atoms with Crippen LogP contribution in [0.2, 0.25) is 0 Å². The first kappa shape index (κ1) is 30.7. The van der Waals surface area contributed by atoms with E-state index in [2.05, 4.69) is 91.9 Å². The molecule has 1 aromatic carbocycles. The van der Waals surface area contributed by atoms with Crippen molar-refractivity contribution in [1.29, 1.82) is 0 Å². The Bertz CT molecular complexity index is 663. The van der Waals surface area contributed by atoms with Gasteiger partial charge < -0.3 is 0 Å². The van der Waals surface area contributed by atoms with Crippen molar-refractivity contribution in [1.82, 2.24) is 4.57 Å². The predicted octanol–water partition coefficient (Wildman–Crippen LogP) is 1.97. The Labute approximate surface area is 154 Å². The standard InChI is InChI=1S/C12H13NO.5CO.Cr/c1-9-10-6-4-5-7-11(10)13(2)12(9)8-14-3;5*1-2;/h4-7H,1-3H3;;;;;;. The maximum absolute atomic E-state index is 7.50. The molecule has 0 aliphatic rings. The van der Waals surface area contributed by atoms with E-state index in [0.29, 0.717) is 0 Å². The Hall–Kier alpha value is -2.18. The van der Waals surface area contributed by atoms with Crippen LogP contribution in [-0.2, 0) is 50.9 Å². The van der Waals surface area contributed by atoms with Crippen LogP contribution in [0.4, 0.5) is 0 Å². The molecule has 7 nitrogen and oxygen atoms in total. The molecule has 0 atom stereocenters. The molecule has 0 N–H and O–H groups in total. The Morgan fingerprint density at radius 3 is 1.68 bits per heavy atom. The molecule has 0 fully saturated rings. The van der Waals surface area contributed by atoms with Crippen molar-refractivity contribution in [2.75, 3.05) is 7.11 Å². The van der Waals surface area contributed by atoms with E-state index in [1.54, 1.807) is 7.11 Å². The van der Waals surface area contributed by atoms with Crippen LogP contribution in [0.1, 0.15) is 11.3 Å². The summed E-state index contributed by atoms with van der Waals surface area (Å²) in [5.74, 6) is 0. The van der Waals surface area contributed by atoms with Crippen LogP contribution < -0.4 is 0 Å². The number of hydrogen-bond donors (Lipinski definition) is 0. The number of hydrogen-bond acceptors (Lipinski definition) is 1. The second-order valence-corrected chi connectivity index (χ2v) is 4.12. The molecule has 0 aliphatic carbocycles. The van der Waals surface area contributed by atoms with Gasteiger partial charge in [-0.1, -0.05) is 0 Å². The van der Waals surface area contributed by atoms with E-state index in [-0.39, 0.29) is 0 Å². The zero-order valence-electron chi connectivity index (χ0n) is 13.6. The summed E-state index contributed by atoms with van der Waals surface area (Å²) in [6.07, 6.45) is 0. The molecule has 2 rings (SSSR count). The third kappa shape index (κ3) is 9.03. The fourth-order valence-corrected chi connectivity index (χ4v) is 2.42. The molecule has 0 amide bonds. The van der Waals surface area contributed by atoms with E-state index in [0.717, 1.165) is 10.3 Å². The van der Waals surface area contributed by atoms with Gasteiger partial charge in [-0.05, 0) is 0 Å². The molecule has 8 heteroatoms. The molecule has 0 radical (unpaired) electrons. The summed E-state index contributed by atoms with van der Waals surface area (Å²) in [5, 5.41) is 1.28. The number of fused-ring (bicyclic) bond motifs is 1. The number of nitrogens with zero attached hydrogens (tertiary/aromatic N) is 1. The quantitative estimate of drug-likeness (QED) is 0.576. The average molecular weight is 379 g/mol. The number of aryl methyl sites for hydroxylation is 2. The fraction of sp³-hybridized carbons (Fsp3) is 0.176. The number of para-hydroxylation sites is 1. The van der Waals surface area contributed by atoms with Gasteiger partial charge in [0, 0.05) is 0 Å². The maximum atomic E-state index is 7.50. The van der Waals surface area contributed by atoms with Crippen LogP contribution >= 0.6 is 0 Å². The molecule has 0 saturated heterocycles. The van der Waals surface area contributed by atoms with Crippen LogP contribution in [0, 0.1) is 40.2 Å². The Morgan fingerprint density at radius 1 is 0.920 bits per heavy atom. The minimum absolute atomic E-state index is 0.839. The Morgan fingerprint density at radius 2 is 1.32 bits per heavy atom. The Kier molecular flexibility index (Phi) is 26.8. The molecule has 0 saturated carbocycles. The summed E-state index contributed by atoms with van der Waals surface area (Å²) >= 11 is 2.96. The van der Waals surface area contributed by atoms with Crippen molar-refractivity contribution in [3.63, 3.8) is 0 Å². The molecule has 0 unspecified atom stereocenters. The minimum atomic E-state index is 0.839. The predicted molar refractivity (Wildman–Crippen MR) is 78.4 cm³/mol. The van der Waals surface area contributed by atoms with Crippen LogP contribution in [0.25, 0.3) is 10.9 Å². The van der Waals surface area contributed by atoms with E-state index in [9.17, 15) is 0 Å². The van der Waals surface area contributed by atoms with Crippen LogP contribution in [0.5, 0.6) is 0 Å². The number of rotatable bonds is 2. The number of ether oxygens (including phenoxy) is 1. The first-order chi connectivity index (χ1) is 12.2. The number of methoxy groups -OCH3 is 1. The van der Waals surface area contributed by atoms with Gasteiger partial charge in [-0.25, -0.2) is 0 Å². The van der Waals surface area contributed by atoms with Crippen LogP contribution in [0.15, 0.2) is 24.3 Å². The molecule has 1 heterocycles. The van der Waals surface area contributed by atoms with Gasteiger partial charge in [-0.2, -0.15) is 0 Å². The molecule has 0 spiro atoms. The van der Waals surface area contributed by atoms with E-state index < -0.39 is 0 Å². The monoisotopic (exact) mass is 379 g/mol. The summed E-state index contributed by atoms with van der Waals surface area (Å²) in [4.78, 5) is 0. The molecule has 0 bridgehead atoms. The van der Waals surface area contributed by atoms with Gasteiger partial charge in [-0.3, -0.25) is 0 Å². The molecule has 25 heavy (non-hydrogen) atoms. The average Bonchev–Trinajstić information content (AvgIpc) is 3.00. The van der Waals surface area contributed by atoms with Crippen LogP contribution in [0.3, 0.4) is 0 Å². The van der Waals surface area contributed by atoms with E-state index in [1.807, 2.05) is 0 Å². The number of benzene rings is 1. The third-order valence-electron chi connectivity index (χ3n) is 2.74. The zero-order valence-corrected chi connectivity index (χ0v) is 14.9. The van der Waals surface area contributed by atoms with Gasteiger partial charge in [0.1, 0.15) is 0 Å². The molecule has 128 valence electrons. The third-order valence-corrected chi connectivity index (χ3v) is 3.30. The van der Waals surface area contributed by atoms with Crippen molar-refractivity contribution in [2.45, 2.75) is 6.92 Å². The van der Waals surface area contributed by atoms with Crippen molar-refractivity contribution < 1.29 is 43.8 Å². The SMILES string of the molecule is CO[C](=[Cr])c1c(C)c2ccccc2n1C.[C-]#[O+].[C-]#[O+].[C-]#[O+].[C-]#[O+].[C-]#[O+]. The summed E-state index contributed by atoms with van der Waals surface area (Å²) in [5.41, 5.74) is 3.61. The molecular weight excluding hydrogens is 366 g/mol. The first-order valence-corrected chi connectivity index (χ1v) is 6.45. The molecular formula is C17H13CrNO6. The summed E-state index contributed by atoms with van der Waals surface area (Å²) in [6.45, 7) is 24.6. The van der Waals surface area contributed by atoms with Crippen LogP contribution in [-0.4, -0.2) is 16.2 Å². The van der Waals surface area contributed by atoms with Gasteiger partial charge >= 0.3 is 154 Å². The van der Waals surface area contributed by atoms with Crippen molar-refractivity contribution in [3.8, 4) is 0 Å². The summed E-state index contributed by atoms with van der Waals surface area (Å²) in [7, 11) is 3.74. The second kappa shape index (κ2) is 21.8. The van der Waals surface area contributed by atoms with Gasteiger partial charge in [0.2, 0.25) is 0 Å². The molecule has 0 aliphatic heterocycles. The van der Waals surface area contributed by atoms with Crippen molar-refractivity contribution in [3.05, 3.63) is 68.8 Å². The van der Waals surface area contributed by atoms with Gasteiger partial charge in [-0.15, -0.1) is 0 Å². The van der Waals surface area contributed by atoms with Crippen molar-refractivity contribution >= 4 is 15.5 Å². The van der Waals surface area contributed by atoms with E-state index in [1.165, 1.54) is 16.5 Å². The van der Waals surface area contributed by atoms with Gasteiger partial charge in [0.15, 0.2) is 0 Å². The second-order valence-electron chi connectivity index (χ2n) is 3.54. The summed E-state index contributed by atoms with van der Waals surface area (Å²) < 4.78 is 45.8.